The Morgan fingerprint density at radius 2 is 1.88 bits per heavy atom. The van der Waals surface area contributed by atoms with Crippen molar-refractivity contribution in [2.45, 2.75) is 20.4 Å². The maximum Gasteiger partial charge on any atom is 0.253 e. The van der Waals surface area contributed by atoms with Crippen LogP contribution in [0.3, 0.4) is 0 Å². The maximum absolute atomic E-state index is 12.7. The normalized spacial score (nSPS) is 10.4. The molecule has 1 amide bonds. The summed E-state index contributed by atoms with van der Waals surface area (Å²) in [5, 5.41) is 13.6. The summed E-state index contributed by atoms with van der Waals surface area (Å²) in [5.74, 6) is -0.117. The molecule has 0 spiro atoms. The quantitative estimate of drug-likeness (QED) is 0.726. The molecule has 0 aliphatic rings. The predicted octanol–water partition coefficient (Wildman–Crippen LogP) is 3.63. The van der Waals surface area contributed by atoms with E-state index in [0.717, 1.165) is 22.6 Å². The molecular formula is C21H20N4O. The van der Waals surface area contributed by atoms with E-state index in [4.69, 9.17) is 5.26 Å². The number of benzene rings is 2. The van der Waals surface area contributed by atoms with Crippen molar-refractivity contribution < 1.29 is 4.79 Å². The Morgan fingerprint density at radius 1 is 1.15 bits per heavy atom. The Morgan fingerprint density at radius 3 is 2.58 bits per heavy atom. The highest BCUT2D eigenvalue weighted by molar-refractivity contribution is 5.94. The number of hydrogen-bond acceptors (Lipinski definition) is 3. The summed E-state index contributed by atoms with van der Waals surface area (Å²) in [6.45, 7) is 4.42. The van der Waals surface area contributed by atoms with Crippen LogP contribution in [0.5, 0.6) is 0 Å². The summed E-state index contributed by atoms with van der Waals surface area (Å²) in [6, 6.07) is 18.8. The van der Waals surface area contributed by atoms with Crippen LogP contribution in [0.25, 0.3) is 5.69 Å². The van der Waals surface area contributed by atoms with Crippen molar-refractivity contribution in [1.82, 2.24) is 14.7 Å². The summed E-state index contributed by atoms with van der Waals surface area (Å²) in [7, 11) is 1.76. The number of aromatic nitrogens is 2. The first kappa shape index (κ1) is 17.4. The zero-order chi connectivity index (χ0) is 18.7. The molecule has 2 aromatic carbocycles. The van der Waals surface area contributed by atoms with Crippen LogP contribution in [-0.4, -0.2) is 27.6 Å². The van der Waals surface area contributed by atoms with Crippen molar-refractivity contribution in [2.75, 3.05) is 7.05 Å². The molecule has 0 fully saturated rings. The number of hydrogen-bond donors (Lipinski definition) is 0. The molecule has 0 saturated heterocycles. The van der Waals surface area contributed by atoms with Gasteiger partial charge in [-0.2, -0.15) is 10.4 Å². The summed E-state index contributed by atoms with van der Waals surface area (Å²) in [5.41, 5.74) is 4.93. The lowest BCUT2D eigenvalue weighted by atomic mass is 10.1. The highest BCUT2D eigenvalue weighted by Gasteiger charge is 2.18. The molecule has 0 saturated carbocycles. The number of aryl methyl sites for hydroxylation is 1. The van der Waals surface area contributed by atoms with Gasteiger partial charge in [0, 0.05) is 30.4 Å². The van der Waals surface area contributed by atoms with Crippen LogP contribution in [0.15, 0.2) is 54.6 Å². The van der Waals surface area contributed by atoms with Crippen molar-refractivity contribution in [3.05, 3.63) is 82.7 Å². The molecule has 0 unspecified atom stereocenters. The van der Waals surface area contributed by atoms with Crippen LogP contribution in [-0.2, 0) is 6.54 Å². The summed E-state index contributed by atoms with van der Waals surface area (Å²) in [4.78, 5) is 14.4. The number of nitrogens with zero attached hydrogens (tertiary/aromatic N) is 4. The molecule has 3 aromatic rings. The van der Waals surface area contributed by atoms with Gasteiger partial charge in [0.05, 0.1) is 23.0 Å². The van der Waals surface area contributed by atoms with Crippen LogP contribution in [0.2, 0.25) is 0 Å². The second-order valence-electron chi connectivity index (χ2n) is 6.25. The molecule has 26 heavy (non-hydrogen) atoms. The summed E-state index contributed by atoms with van der Waals surface area (Å²) >= 11 is 0. The standard InChI is InChI=1S/C21H20N4O/c1-15-20(16(2)25(23-15)19-10-5-4-6-11-19)14-24(3)21(26)18-9-7-8-17(12-18)13-22/h4-12H,14H2,1-3H3. The smallest absolute Gasteiger partial charge is 0.253 e. The Labute approximate surface area is 153 Å². The van der Waals surface area contributed by atoms with E-state index < -0.39 is 0 Å². The van der Waals surface area contributed by atoms with Crippen molar-refractivity contribution in [2.24, 2.45) is 0 Å². The van der Waals surface area contributed by atoms with E-state index in [2.05, 4.69) is 11.2 Å². The third-order valence-corrected chi connectivity index (χ3v) is 4.42. The second kappa shape index (κ2) is 7.24. The average molecular weight is 344 g/mol. The topological polar surface area (TPSA) is 61.9 Å². The highest BCUT2D eigenvalue weighted by atomic mass is 16.2. The number of nitriles is 1. The van der Waals surface area contributed by atoms with Crippen LogP contribution in [0.4, 0.5) is 0 Å². The van der Waals surface area contributed by atoms with Crippen molar-refractivity contribution in [3.63, 3.8) is 0 Å². The van der Waals surface area contributed by atoms with Gasteiger partial charge in [0.25, 0.3) is 5.91 Å². The zero-order valence-electron chi connectivity index (χ0n) is 15.1. The second-order valence-corrected chi connectivity index (χ2v) is 6.25. The minimum absolute atomic E-state index is 0.117. The summed E-state index contributed by atoms with van der Waals surface area (Å²) < 4.78 is 1.90. The zero-order valence-corrected chi connectivity index (χ0v) is 15.1. The van der Waals surface area contributed by atoms with E-state index >= 15 is 0 Å². The molecule has 0 N–H and O–H groups in total. The van der Waals surface area contributed by atoms with Gasteiger partial charge < -0.3 is 4.90 Å². The van der Waals surface area contributed by atoms with Gasteiger partial charge in [-0.25, -0.2) is 4.68 Å². The molecule has 5 heteroatoms. The van der Waals surface area contributed by atoms with Gasteiger partial charge in [-0.3, -0.25) is 4.79 Å². The molecule has 0 aliphatic carbocycles. The first-order chi connectivity index (χ1) is 12.5. The fourth-order valence-electron chi connectivity index (χ4n) is 2.98. The van der Waals surface area contributed by atoms with Gasteiger partial charge in [0.1, 0.15) is 0 Å². The number of amides is 1. The van der Waals surface area contributed by atoms with Crippen molar-refractivity contribution in [3.8, 4) is 11.8 Å². The maximum atomic E-state index is 12.7. The molecule has 0 radical (unpaired) electrons. The Kier molecular flexibility index (Phi) is 4.85. The Hall–Kier alpha value is -3.39. The number of carbonyl (C=O) groups is 1. The molecule has 1 heterocycles. The van der Waals surface area contributed by atoms with Crippen molar-refractivity contribution >= 4 is 5.91 Å². The van der Waals surface area contributed by atoms with Crippen LogP contribution in [0, 0.1) is 25.2 Å². The first-order valence-electron chi connectivity index (χ1n) is 8.37. The SMILES string of the molecule is Cc1nn(-c2ccccc2)c(C)c1CN(C)C(=O)c1cccc(C#N)c1. The molecule has 0 aliphatic heterocycles. The van der Waals surface area contributed by atoms with Gasteiger partial charge in [0.15, 0.2) is 0 Å². The highest BCUT2D eigenvalue weighted by Crippen LogP contribution is 2.20. The Balaban J connectivity index is 1.86. The van der Waals surface area contributed by atoms with Gasteiger partial charge in [0.2, 0.25) is 0 Å². The van der Waals surface area contributed by atoms with Gasteiger partial charge >= 0.3 is 0 Å². The fraction of sp³-hybridized carbons (Fsp3) is 0.190. The van der Waals surface area contributed by atoms with Crippen LogP contribution in [0.1, 0.15) is 32.9 Å². The molecule has 3 rings (SSSR count). The largest absolute Gasteiger partial charge is 0.337 e. The molecule has 130 valence electrons. The van der Waals surface area contributed by atoms with E-state index in [-0.39, 0.29) is 5.91 Å². The van der Waals surface area contributed by atoms with Crippen molar-refractivity contribution in [1.29, 1.82) is 5.26 Å². The van der Waals surface area contributed by atoms with E-state index in [1.165, 1.54) is 0 Å². The van der Waals surface area contributed by atoms with Gasteiger partial charge in [-0.15, -0.1) is 0 Å². The summed E-state index contributed by atoms with van der Waals surface area (Å²) in [6.07, 6.45) is 0. The molecule has 5 nitrogen and oxygen atoms in total. The van der Waals surface area contributed by atoms with Crippen LogP contribution < -0.4 is 0 Å². The fourth-order valence-corrected chi connectivity index (χ4v) is 2.98. The minimum Gasteiger partial charge on any atom is -0.337 e. The van der Waals surface area contributed by atoms with Gasteiger partial charge in [-0.05, 0) is 44.2 Å². The van der Waals surface area contributed by atoms with Crippen LogP contribution >= 0.6 is 0 Å². The lowest BCUT2D eigenvalue weighted by Crippen LogP contribution is -2.26. The lowest BCUT2D eigenvalue weighted by Gasteiger charge is -2.18. The average Bonchev–Trinajstić information content (AvgIpc) is 2.96. The predicted molar refractivity (Wildman–Crippen MR) is 100.0 cm³/mol. The molecule has 0 atom stereocenters. The lowest BCUT2D eigenvalue weighted by molar-refractivity contribution is 0.0784. The first-order valence-corrected chi connectivity index (χ1v) is 8.37. The third kappa shape index (κ3) is 3.35. The van der Waals surface area contributed by atoms with E-state index in [0.29, 0.717) is 17.7 Å². The van der Waals surface area contributed by atoms with Gasteiger partial charge in [-0.1, -0.05) is 24.3 Å². The van der Waals surface area contributed by atoms with E-state index in [1.807, 2.05) is 48.9 Å². The monoisotopic (exact) mass is 344 g/mol. The number of carbonyl (C=O) groups excluding carboxylic acids is 1. The molecular weight excluding hydrogens is 324 g/mol. The van der Waals surface area contributed by atoms with E-state index in [1.54, 1.807) is 36.2 Å². The number of rotatable bonds is 4. The third-order valence-electron chi connectivity index (χ3n) is 4.42. The van der Waals surface area contributed by atoms with E-state index in [9.17, 15) is 4.79 Å². The molecule has 1 aromatic heterocycles. The minimum atomic E-state index is -0.117. The Bertz CT molecular complexity index is 983. The molecule has 0 bridgehead atoms. The number of para-hydroxylation sites is 1.